The summed E-state index contributed by atoms with van der Waals surface area (Å²) in [6.45, 7) is 6.38. The van der Waals surface area contributed by atoms with Gasteiger partial charge in [-0.05, 0) is 51.9 Å². The monoisotopic (exact) mass is 437 g/mol. The van der Waals surface area contributed by atoms with E-state index in [4.69, 9.17) is 14.6 Å². The minimum atomic E-state index is 0.454. The van der Waals surface area contributed by atoms with Crippen molar-refractivity contribution in [2.75, 3.05) is 45.9 Å². The van der Waals surface area contributed by atoms with Crippen LogP contribution < -0.4 is 10.1 Å². The van der Waals surface area contributed by atoms with Gasteiger partial charge in [0.25, 0.3) is 0 Å². The van der Waals surface area contributed by atoms with Gasteiger partial charge in [0.05, 0.1) is 31.8 Å². The standard InChI is InChI=1S/C23H31N7O2/c1-16-10-19(12-24-23(16)31-3)30-22-20(6-9-32-15-25-22)21(27-30)18-11-26-29(14-18)13-17-4-7-28(2)8-5-17/h10-12,14,17,25H,4-9,13,15H2,1-3H3. The molecule has 0 bridgehead atoms. The summed E-state index contributed by atoms with van der Waals surface area (Å²) in [5, 5.41) is 13.1. The average molecular weight is 438 g/mol. The average Bonchev–Trinajstić information content (AvgIpc) is 3.32. The third-order valence-corrected chi connectivity index (χ3v) is 6.47. The van der Waals surface area contributed by atoms with Crippen LogP contribution in [-0.2, 0) is 17.7 Å². The van der Waals surface area contributed by atoms with Gasteiger partial charge in [0.15, 0.2) is 0 Å². The third kappa shape index (κ3) is 4.10. The van der Waals surface area contributed by atoms with Crippen LogP contribution in [0.4, 0.5) is 5.82 Å². The number of likely N-dealkylation sites (tertiary alicyclic amines) is 1. The molecular formula is C23H31N7O2. The van der Waals surface area contributed by atoms with E-state index >= 15 is 0 Å². The molecule has 0 unspecified atom stereocenters. The van der Waals surface area contributed by atoms with Crippen molar-refractivity contribution in [2.24, 2.45) is 5.92 Å². The minimum Gasteiger partial charge on any atom is -0.481 e. The van der Waals surface area contributed by atoms with Gasteiger partial charge in [0, 0.05) is 35.9 Å². The Bertz CT molecular complexity index is 1080. The minimum absolute atomic E-state index is 0.454. The van der Waals surface area contributed by atoms with E-state index < -0.39 is 0 Å². The Labute approximate surface area is 188 Å². The van der Waals surface area contributed by atoms with Crippen LogP contribution in [0, 0.1) is 12.8 Å². The summed E-state index contributed by atoms with van der Waals surface area (Å²) in [7, 11) is 3.83. The number of pyridine rings is 1. The van der Waals surface area contributed by atoms with Crippen molar-refractivity contribution in [1.29, 1.82) is 0 Å². The van der Waals surface area contributed by atoms with Crippen molar-refractivity contribution in [3.05, 3.63) is 35.8 Å². The molecule has 2 aliphatic rings. The molecule has 1 N–H and O–H groups in total. The van der Waals surface area contributed by atoms with Crippen LogP contribution in [-0.4, -0.2) is 70.0 Å². The summed E-state index contributed by atoms with van der Waals surface area (Å²) in [5.74, 6) is 2.25. The Morgan fingerprint density at radius 1 is 1.25 bits per heavy atom. The zero-order chi connectivity index (χ0) is 22.1. The Morgan fingerprint density at radius 2 is 2.09 bits per heavy atom. The predicted octanol–water partition coefficient (Wildman–Crippen LogP) is 2.73. The first-order valence-electron chi connectivity index (χ1n) is 11.3. The number of piperidine rings is 1. The van der Waals surface area contributed by atoms with Gasteiger partial charge in [0.2, 0.25) is 5.88 Å². The fraction of sp³-hybridized carbons (Fsp3) is 0.522. The maximum Gasteiger partial charge on any atom is 0.216 e. The van der Waals surface area contributed by atoms with Gasteiger partial charge in [-0.2, -0.15) is 10.2 Å². The van der Waals surface area contributed by atoms with Crippen molar-refractivity contribution in [1.82, 2.24) is 29.4 Å². The summed E-state index contributed by atoms with van der Waals surface area (Å²) in [6.07, 6.45) is 9.10. The molecule has 0 amide bonds. The number of ether oxygens (including phenoxy) is 2. The lowest BCUT2D eigenvalue weighted by Gasteiger charge is -2.28. The number of hydrogen-bond donors (Lipinski definition) is 1. The van der Waals surface area contributed by atoms with E-state index in [-0.39, 0.29) is 0 Å². The maximum atomic E-state index is 5.68. The molecule has 2 aliphatic heterocycles. The molecule has 1 fully saturated rings. The van der Waals surface area contributed by atoms with Gasteiger partial charge >= 0.3 is 0 Å². The van der Waals surface area contributed by atoms with Crippen LogP contribution in [0.3, 0.4) is 0 Å². The SMILES string of the molecule is COc1ncc(-n2nc(-c3cnn(CC4CCN(C)CC4)c3)c3c2NCOCC3)cc1C. The van der Waals surface area contributed by atoms with Gasteiger partial charge in [-0.15, -0.1) is 0 Å². The van der Waals surface area contributed by atoms with Gasteiger partial charge in [-0.1, -0.05) is 0 Å². The second kappa shape index (κ2) is 8.91. The number of fused-ring (bicyclic) bond motifs is 1. The molecule has 170 valence electrons. The predicted molar refractivity (Wildman–Crippen MR) is 122 cm³/mol. The summed E-state index contributed by atoms with van der Waals surface area (Å²) in [4.78, 5) is 6.84. The van der Waals surface area contributed by atoms with Gasteiger partial charge in [0.1, 0.15) is 18.2 Å². The molecule has 1 saturated heterocycles. The number of nitrogens with zero attached hydrogens (tertiary/aromatic N) is 6. The van der Waals surface area contributed by atoms with E-state index in [1.54, 1.807) is 13.3 Å². The maximum absolute atomic E-state index is 5.68. The molecule has 32 heavy (non-hydrogen) atoms. The van der Waals surface area contributed by atoms with E-state index in [0.717, 1.165) is 59.9 Å². The van der Waals surface area contributed by atoms with E-state index in [1.165, 1.54) is 12.8 Å². The number of rotatable bonds is 5. The molecule has 0 radical (unpaired) electrons. The summed E-state index contributed by atoms with van der Waals surface area (Å²) >= 11 is 0. The molecule has 3 aromatic rings. The first-order chi connectivity index (χ1) is 15.6. The second-order valence-electron chi connectivity index (χ2n) is 8.78. The Kier molecular flexibility index (Phi) is 5.84. The number of aromatic nitrogens is 5. The molecule has 9 nitrogen and oxygen atoms in total. The van der Waals surface area contributed by atoms with E-state index in [1.807, 2.05) is 23.9 Å². The van der Waals surface area contributed by atoms with Crippen LogP contribution in [0.25, 0.3) is 16.9 Å². The van der Waals surface area contributed by atoms with Crippen molar-refractivity contribution in [3.8, 4) is 22.8 Å². The quantitative estimate of drug-likeness (QED) is 0.657. The Morgan fingerprint density at radius 3 is 2.88 bits per heavy atom. The molecule has 0 aliphatic carbocycles. The van der Waals surface area contributed by atoms with Gasteiger partial charge < -0.3 is 19.7 Å². The Balaban J connectivity index is 1.47. The molecule has 0 saturated carbocycles. The molecule has 5 rings (SSSR count). The molecular weight excluding hydrogens is 406 g/mol. The largest absolute Gasteiger partial charge is 0.481 e. The van der Waals surface area contributed by atoms with E-state index in [9.17, 15) is 0 Å². The van der Waals surface area contributed by atoms with Crippen LogP contribution in [0.2, 0.25) is 0 Å². The van der Waals surface area contributed by atoms with Crippen LogP contribution in [0.1, 0.15) is 24.0 Å². The van der Waals surface area contributed by atoms with Crippen LogP contribution in [0.15, 0.2) is 24.7 Å². The number of anilines is 1. The Hall–Kier alpha value is -2.91. The van der Waals surface area contributed by atoms with Crippen LogP contribution >= 0.6 is 0 Å². The third-order valence-electron chi connectivity index (χ3n) is 6.47. The van der Waals surface area contributed by atoms with Crippen molar-refractivity contribution in [3.63, 3.8) is 0 Å². The van der Waals surface area contributed by atoms with Gasteiger partial charge in [-0.25, -0.2) is 9.67 Å². The van der Waals surface area contributed by atoms with Gasteiger partial charge in [-0.3, -0.25) is 4.68 Å². The topological polar surface area (TPSA) is 82.3 Å². The molecule has 3 aromatic heterocycles. The normalized spacial score (nSPS) is 17.6. The van der Waals surface area contributed by atoms with E-state index in [2.05, 4.69) is 38.2 Å². The summed E-state index contributed by atoms with van der Waals surface area (Å²) in [6, 6.07) is 2.04. The fourth-order valence-corrected chi connectivity index (χ4v) is 4.63. The number of hydrogen-bond acceptors (Lipinski definition) is 7. The first-order valence-corrected chi connectivity index (χ1v) is 11.3. The highest BCUT2D eigenvalue weighted by molar-refractivity contribution is 5.70. The molecule has 5 heterocycles. The summed E-state index contributed by atoms with van der Waals surface area (Å²) < 4.78 is 15.0. The second-order valence-corrected chi connectivity index (χ2v) is 8.78. The molecule has 9 heteroatoms. The first kappa shape index (κ1) is 21.0. The summed E-state index contributed by atoms with van der Waals surface area (Å²) in [5.41, 5.74) is 4.98. The van der Waals surface area contributed by atoms with E-state index in [0.29, 0.717) is 25.1 Å². The van der Waals surface area contributed by atoms with Crippen molar-refractivity contribution < 1.29 is 9.47 Å². The highest BCUT2D eigenvalue weighted by Gasteiger charge is 2.24. The lowest BCUT2D eigenvalue weighted by Crippen LogP contribution is -2.31. The highest BCUT2D eigenvalue weighted by atomic mass is 16.5. The number of nitrogens with one attached hydrogen (secondary N) is 1. The lowest BCUT2D eigenvalue weighted by molar-refractivity contribution is 0.159. The lowest BCUT2D eigenvalue weighted by atomic mass is 9.97. The van der Waals surface area contributed by atoms with Crippen molar-refractivity contribution >= 4 is 5.82 Å². The molecule has 0 aromatic carbocycles. The number of methoxy groups -OCH3 is 1. The van der Waals surface area contributed by atoms with Crippen molar-refractivity contribution in [2.45, 2.75) is 32.7 Å². The fourth-order valence-electron chi connectivity index (χ4n) is 4.63. The molecule has 0 atom stereocenters. The smallest absolute Gasteiger partial charge is 0.216 e. The molecule has 0 spiro atoms. The zero-order valence-corrected chi connectivity index (χ0v) is 19.0. The number of aryl methyl sites for hydroxylation is 1. The zero-order valence-electron chi connectivity index (χ0n) is 19.0. The van der Waals surface area contributed by atoms with Crippen LogP contribution in [0.5, 0.6) is 5.88 Å². The highest BCUT2D eigenvalue weighted by Crippen LogP contribution is 2.33.